The third-order valence-corrected chi connectivity index (χ3v) is 4.49. The lowest BCUT2D eigenvalue weighted by Gasteiger charge is -2.11. The van der Waals surface area contributed by atoms with Gasteiger partial charge in [0, 0.05) is 6.20 Å². The Balaban J connectivity index is 1.83. The number of amides is 1. The summed E-state index contributed by atoms with van der Waals surface area (Å²) in [5, 5.41) is 10.6. The van der Waals surface area contributed by atoms with Gasteiger partial charge in [0.05, 0.1) is 37.8 Å². The zero-order chi connectivity index (χ0) is 21.1. The second-order valence-corrected chi connectivity index (χ2v) is 6.29. The highest BCUT2D eigenvalue weighted by Crippen LogP contribution is 2.29. The number of methoxy groups -OCH3 is 2. The summed E-state index contributed by atoms with van der Waals surface area (Å²) in [4.78, 5) is 12.5. The van der Waals surface area contributed by atoms with E-state index in [2.05, 4.69) is 15.5 Å². The number of carbonyl (C=O) groups is 1. The van der Waals surface area contributed by atoms with Gasteiger partial charge >= 0.3 is 6.55 Å². The summed E-state index contributed by atoms with van der Waals surface area (Å²) in [6.45, 7) is 1.05. The van der Waals surface area contributed by atoms with Crippen LogP contribution in [0.4, 0.5) is 14.5 Å². The summed E-state index contributed by atoms with van der Waals surface area (Å²) in [6.07, 6.45) is 1.15. The van der Waals surface area contributed by atoms with Crippen LogP contribution >= 0.6 is 0 Å². The van der Waals surface area contributed by atoms with E-state index in [0.717, 1.165) is 11.8 Å². The lowest BCUT2D eigenvalue weighted by molar-refractivity contribution is 0.0520. The van der Waals surface area contributed by atoms with Gasteiger partial charge in [-0.2, -0.15) is 23.7 Å². The van der Waals surface area contributed by atoms with Crippen molar-refractivity contribution in [3.8, 4) is 11.5 Å². The van der Waals surface area contributed by atoms with Crippen LogP contribution in [0.5, 0.6) is 11.5 Å². The van der Waals surface area contributed by atoms with Crippen molar-refractivity contribution in [2.24, 2.45) is 0 Å². The quantitative estimate of drug-likeness (QED) is 0.651. The lowest BCUT2D eigenvalue weighted by Crippen LogP contribution is -2.19. The summed E-state index contributed by atoms with van der Waals surface area (Å²) in [5.41, 5.74) is 2.42. The predicted molar refractivity (Wildman–Crippen MR) is 102 cm³/mol. The van der Waals surface area contributed by atoms with Crippen molar-refractivity contribution in [1.82, 2.24) is 19.6 Å². The van der Waals surface area contributed by atoms with E-state index in [9.17, 15) is 13.6 Å². The zero-order valence-corrected chi connectivity index (χ0v) is 16.4. The second kappa shape index (κ2) is 8.29. The molecule has 0 radical (unpaired) electrons. The van der Waals surface area contributed by atoms with E-state index in [1.54, 1.807) is 38.8 Å². The molecule has 8 nitrogen and oxygen atoms in total. The maximum Gasteiger partial charge on any atom is 0.333 e. The first-order valence-electron chi connectivity index (χ1n) is 8.73. The molecule has 0 fully saturated rings. The topological polar surface area (TPSA) is 83.2 Å². The molecule has 0 atom stereocenters. The van der Waals surface area contributed by atoms with Crippen molar-refractivity contribution in [2.75, 3.05) is 19.5 Å². The molecule has 0 aliphatic carbocycles. The molecule has 0 aliphatic heterocycles. The molecule has 1 amide bonds. The Morgan fingerprint density at radius 3 is 2.55 bits per heavy atom. The van der Waals surface area contributed by atoms with Crippen molar-refractivity contribution in [3.63, 3.8) is 0 Å². The normalized spacial score (nSPS) is 11.0. The molecule has 0 aliphatic rings. The van der Waals surface area contributed by atoms with Crippen molar-refractivity contribution in [1.29, 1.82) is 0 Å². The van der Waals surface area contributed by atoms with Gasteiger partial charge in [-0.15, -0.1) is 0 Å². The Hall–Kier alpha value is -3.43. The van der Waals surface area contributed by atoms with Crippen LogP contribution in [0, 0.1) is 13.8 Å². The Bertz CT molecular complexity index is 1030. The number of hydrogen-bond acceptors (Lipinski definition) is 5. The summed E-state index contributed by atoms with van der Waals surface area (Å²) < 4.78 is 38.6. The number of benzene rings is 1. The molecular formula is C19H21F2N5O3. The predicted octanol–water partition coefficient (Wildman–Crippen LogP) is 3.41. The molecule has 0 bridgehead atoms. The van der Waals surface area contributed by atoms with Crippen LogP contribution in [0.15, 0.2) is 30.5 Å². The fraction of sp³-hybridized carbons (Fsp3) is 0.316. The first-order chi connectivity index (χ1) is 13.8. The van der Waals surface area contributed by atoms with Gasteiger partial charge in [0.15, 0.2) is 11.5 Å². The highest BCUT2D eigenvalue weighted by atomic mass is 19.3. The van der Waals surface area contributed by atoms with Gasteiger partial charge in [-0.3, -0.25) is 9.48 Å². The van der Waals surface area contributed by atoms with E-state index in [0.29, 0.717) is 39.8 Å². The zero-order valence-electron chi connectivity index (χ0n) is 16.4. The average molecular weight is 405 g/mol. The van der Waals surface area contributed by atoms with Gasteiger partial charge in [0.25, 0.3) is 5.91 Å². The summed E-state index contributed by atoms with van der Waals surface area (Å²) >= 11 is 0. The molecule has 0 saturated carbocycles. The number of halogens is 2. The van der Waals surface area contributed by atoms with E-state index in [1.165, 1.54) is 6.07 Å². The molecule has 0 saturated heterocycles. The Morgan fingerprint density at radius 1 is 1.17 bits per heavy atom. The third-order valence-electron chi connectivity index (χ3n) is 4.49. The molecule has 1 aromatic carbocycles. The van der Waals surface area contributed by atoms with Crippen LogP contribution in [-0.4, -0.2) is 39.7 Å². The van der Waals surface area contributed by atoms with E-state index in [1.807, 2.05) is 12.1 Å². The van der Waals surface area contributed by atoms with Gasteiger partial charge in [-0.05, 0) is 37.6 Å². The van der Waals surface area contributed by atoms with E-state index < -0.39 is 12.5 Å². The van der Waals surface area contributed by atoms with Gasteiger partial charge < -0.3 is 14.8 Å². The van der Waals surface area contributed by atoms with Gasteiger partial charge in [0.2, 0.25) is 0 Å². The minimum absolute atomic E-state index is 0.230. The van der Waals surface area contributed by atoms with E-state index >= 15 is 0 Å². The molecule has 1 N–H and O–H groups in total. The fourth-order valence-corrected chi connectivity index (χ4v) is 3.01. The van der Waals surface area contributed by atoms with Crippen LogP contribution in [0.25, 0.3) is 0 Å². The van der Waals surface area contributed by atoms with Crippen LogP contribution in [0.3, 0.4) is 0 Å². The number of ether oxygens (including phenoxy) is 2. The Kier molecular flexibility index (Phi) is 5.81. The number of alkyl halides is 2. The van der Waals surface area contributed by atoms with Crippen molar-refractivity contribution >= 4 is 11.6 Å². The van der Waals surface area contributed by atoms with Gasteiger partial charge in [-0.25, -0.2) is 0 Å². The van der Waals surface area contributed by atoms with Crippen LogP contribution in [0.1, 0.15) is 34.0 Å². The van der Waals surface area contributed by atoms with Gasteiger partial charge in [-0.1, -0.05) is 6.07 Å². The molecule has 0 unspecified atom stereocenters. The summed E-state index contributed by atoms with van der Waals surface area (Å²) in [6, 6.07) is 6.76. The lowest BCUT2D eigenvalue weighted by atomic mass is 10.2. The minimum Gasteiger partial charge on any atom is -0.493 e. The Morgan fingerprint density at radius 2 is 1.90 bits per heavy atom. The van der Waals surface area contributed by atoms with Crippen LogP contribution in [0.2, 0.25) is 0 Å². The van der Waals surface area contributed by atoms with E-state index in [-0.39, 0.29) is 5.69 Å². The standard InChI is InChI=1S/C19H21F2N5O3/c1-11-17(23-18(27)14-7-8-22-26(14)19(20)21)12(2)25(24-11)10-13-5-6-15(28-3)16(9-13)29-4/h5-9,19H,10H2,1-4H3,(H,23,27). The SMILES string of the molecule is COc1ccc(Cn2nc(C)c(NC(=O)c3ccnn3C(F)F)c2C)cc1OC. The largest absolute Gasteiger partial charge is 0.493 e. The maximum atomic E-state index is 13.0. The van der Waals surface area contributed by atoms with Crippen molar-refractivity contribution < 1.29 is 23.0 Å². The fourth-order valence-electron chi connectivity index (χ4n) is 3.01. The number of aromatic nitrogens is 4. The number of hydrogen-bond donors (Lipinski definition) is 1. The molecule has 154 valence electrons. The smallest absolute Gasteiger partial charge is 0.333 e. The Labute approximate surface area is 166 Å². The molecule has 2 heterocycles. The molecule has 3 rings (SSSR count). The maximum absolute atomic E-state index is 13.0. The molecule has 29 heavy (non-hydrogen) atoms. The van der Waals surface area contributed by atoms with Gasteiger partial charge in [0.1, 0.15) is 5.69 Å². The third kappa shape index (κ3) is 4.05. The molecule has 0 spiro atoms. The highest BCUT2D eigenvalue weighted by molar-refractivity contribution is 6.03. The van der Waals surface area contributed by atoms with Crippen LogP contribution in [-0.2, 0) is 6.54 Å². The van der Waals surface area contributed by atoms with Crippen LogP contribution < -0.4 is 14.8 Å². The van der Waals surface area contributed by atoms with E-state index in [4.69, 9.17) is 9.47 Å². The average Bonchev–Trinajstić information content (AvgIpc) is 3.29. The molecule has 3 aromatic rings. The number of aryl methyl sites for hydroxylation is 1. The molecular weight excluding hydrogens is 384 g/mol. The number of rotatable bonds is 7. The molecule has 2 aromatic heterocycles. The second-order valence-electron chi connectivity index (χ2n) is 6.29. The first kappa shape index (κ1) is 20.3. The monoisotopic (exact) mass is 405 g/mol. The van der Waals surface area contributed by atoms with Crippen molar-refractivity contribution in [3.05, 3.63) is 53.1 Å². The highest BCUT2D eigenvalue weighted by Gasteiger charge is 2.21. The molecule has 10 heteroatoms. The summed E-state index contributed by atoms with van der Waals surface area (Å²) in [7, 11) is 3.12. The number of anilines is 1. The minimum atomic E-state index is -2.90. The number of nitrogens with zero attached hydrogens (tertiary/aromatic N) is 4. The first-order valence-corrected chi connectivity index (χ1v) is 8.73. The van der Waals surface area contributed by atoms with Crippen molar-refractivity contribution in [2.45, 2.75) is 26.9 Å². The number of nitrogens with one attached hydrogen (secondary N) is 1. The summed E-state index contributed by atoms with van der Waals surface area (Å²) in [5.74, 6) is 0.535. The number of carbonyl (C=O) groups excluding carboxylic acids is 1.